The smallest absolute Gasteiger partial charge is 0.251 e. The van der Waals surface area contributed by atoms with E-state index >= 15 is 0 Å². The first-order valence-corrected chi connectivity index (χ1v) is 15.5. The van der Waals surface area contributed by atoms with Gasteiger partial charge in [-0.25, -0.2) is 17.2 Å². The van der Waals surface area contributed by atoms with Crippen molar-refractivity contribution < 1.29 is 31.8 Å². The lowest BCUT2D eigenvalue weighted by atomic mass is 9.96. The number of halogens is 2. The van der Waals surface area contributed by atoms with Gasteiger partial charge in [-0.05, 0) is 71.3 Å². The van der Waals surface area contributed by atoms with Gasteiger partial charge in [0.2, 0.25) is 0 Å². The molecule has 1 aliphatic heterocycles. The second-order valence-corrected chi connectivity index (χ2v) is 12.6. The number of methoxy groups -OCH3 is 1. The summed E-state index contributed by atoms with van der Waals surface area (Å²) >= 11 is 0. The summed E-state index contributed by atoms with van der Waals surface area (Å²) in [6, 6.07) is 14.3. The molecule has 0 unspecified atom stereocenters. The Bertz CT molecular complexity index is 1440. The van der Waals surface area contributed by atoms with Crippen LogP contribution >= 0.6 is 0 Å². The van der Waals surface area contributed by atoms with Crippen molar-refractivity contribution in [2.75, 3.05) is 26.0 Å². The molecular formula is C31H36F2N2O5S. The molecular weight excluding hydrogens is 550 g/mol. The van der Waals surface area contributed by atoms with E-state index < -0.39 is 45.6 Å². The summed E-state index contributed by atoms with van der Waals surface area (Å²) in [7, 11) is -1.75. The highest BCUT2D eigenvalue weighted by Gasteiger charge is 2.31. The number of fused-ring (bicyclic) bond motifs is 1. The van der Waals surface area contributed by atoms with Crippen LogP contribution in [0.5, 0.6) is 0 Å². The Hall–Kier alpha value is -3.18. The topological polar surface area (TPSA) is 105 Å². The highest BCUT2D eigenvalue weighted by Crippen LogP contribution is 2.29. The molecule has 3 atom stereocenters. The largest absolute Gasteiger partial charge is 0.390 e. The zero-order valence-corrected chi connectivity index (χ0v) is 24.0. The number of aryl methyl sites for hydroxylation is 1. The summed E-state index contributed by atoms with van der Waals surface area (Å²) in [4.78, 5) is 13.1. The maximum absolute atomic E-state index is 13.9. The molecule has 1 heterocycles. The van der Waals surface area contributed by atoms with Crippen LogP contribution in [0.1, 0.15) is 51.1 Å². The third-order valence-electron chi connectivity index (χ3n) is 7.33. The number of hydrogen-bond acceptors (Lipinski definition) is 6. The summed E-state index contributed by atoms with van der Waals surface area (Å²) < 4.78 is 58.2. The van der Waals surface area contributed by atoms with E-state index in [2.05, 4.69) is 10.6 Å². The first-order valence-electron chi connectivity index (χ1n) is 13.6. The quantitative estimate of drug-likeness (QED) is 0.299. The molecule has 0 bridgehead atoms. The SMILES string of the molecule is CCc1ccc2c(c1)[C@@H](NC[C@@H](O)[C@H](Cc1cc(F)cc(F)c1)NC(=O)c1ccc(CCOC)cc1)CS(=O)(=O)C2. The van der Waals surface area contributed by atoms with Crippen molar-refractivity contribution in [2.45, 2.75) is 50.1 Å². The Balaban J connectivity index is 1.53. The Morgan fingerprint density at radius 3 is 2.37 bits per heavy atom. The lowest BCUT2D eigenvalue weighted by Gasteiger charge is -2.30. The van der Waals surface area contributed by atoms with Gasteiger partial charge in [0.1, 0.15) is 11.6 Å². The molecule has 7 nitrogen and oxygen atoms in total. The van der Waals surface area contributed by atoms with Crippen molar-refractivity contribution in [3.63, 3.8) is 0 Å². The minimum atomic E-state index is -3.36. The molecule has 0 spiro atoms. The van der Waals surface area contributed by atoms with Gasteiger partial charge in [-0.2, -0.15) is 0 Å². The molecule has 0 saturated heterocycles. The first-order chi connectivity index (χ1) is 19.6. The Kier molecular flexibility index (Phi) is 10.2. The van der Waals surface area contributed by atoms with Crippen molar-refractivity contribution in [1.29, 1.82) is 0 Å². The highest BCUT2D eigenvalue weighted by atomic mass is 32.2. The van der Waals surface area contributed by atoms with E-state index in [1.165, 1.54) is 0 Å². The van der Waals surface area contributed by atoms with Crippen LogP contribution in [-0.2, 0) is 39.6 Å². The van der Waals surface area contributed by atoms with Crippen molar-refractivity contribution in [1.82, 2.24) is 10.6 Å². The van der Waals surface area contributed by atoms with Gasteiger partial charge in [0.15, 0.2) is 9.84 Å². The number of amides is 1. The number of aliphatic hydroxyl groups excluding tert-OH is 1. The predicted molar refractivity (Wildman–Crippen MR) is 153 cm³/mol. The lowest BCUT2D eigenvalue weighted by Crippen LogP contribution is -2.50. The molecule has 0 aliphatic carbocycles. The van der Waals surface area contributed by atoms with Crippen LogP contribution in [0.25, 0.3) is 0 Å². The van der Waals surface area contributed by atoms with Crippen LogP contribution in [0.15, 0.2) is 60.7 Å². The molecule has 41 heavy (non-hydrogen) atoms. The number of sulfone groups is 1. The van der Waals surface area contributed by atoms with Gasteiger partial charge in [-0.15, -0.1) is 0 Å². The summed E-state index contributed by atoms with van der Waals surface area (Å²) in [5, 5.41) is 17.2. The number of carbonyl (C=O) groups excluding carboxylic acids is 1. The van der Waals surface area contributed by atoms with Gasteiger partial charge in [0.05, 0.1) is 30.3 Å². The van der Waals surface area contributed by atoms with Gasteiger partial charge in [0.25, 0.3) is 5.91 Å². The van der Waals surface area contributed by atoms with Gasteiger partial charge in [0, 0.05) is 31.3 Å². The van der Waals surface area contributed by atoms with E-state index in [0.717, 1.165) is 46.9 Å². The van der Waals surface area contributed by atoms with Crippen LogP contribution in [0.3, 0.4) is 0 Å². The Morgan fingerprint density at radius 2 is 1.71 bits per heavy atom. The molecule has 4 rings (SSSR count). The zero-order chi connectivity index (χ0) is 29.6. The van der Waals surface area contributed by atoms with Crippen molar-refractivity contribution >= 4 is 15.7 Å². The van der Waals surface area contributed by atoms with Crippen molar-refractivity contribution in [3.05, 3.63) is 106 Å². The summed E-state index contributed by atoms with van der Waals surface area (Å²) in [5.41, 5.74) is 4.28. The normalized spacial score (nSPS) is 17.4. The number of carbonyl (C=O) groups is 1. The van der Waals surface area contributed by atoms with E-state index in [4.69, 9.17) is 4.74 Å². The standard InChI is InChI=1S/C31H36F2N2O5S/c1-3-20-4-9-24-18-41(38,39)19-29(27(24)14-20)34-17-30(36)28(15-22-12-25(32)16-26(33)13-22)35-31(37)23-7-5-21(6-8-23)10-11-40-2/h4-9,12-14,16,28-30,34,36H,3,10-11,15,17-19H2,1-2H3,(H,35,37)/t28-,29-,30+/m0/s1. The van der Waals surface area contributed by atoms with Crippen LogP contribution in [0.4, 0.5) is 8.78 Å². The molecule has 10 heteroatoms. The Labute approximate surface area is 239 Å². The third kappa shape index (κ3) is 8.42. The summed E-state index contributed by atoms with van der Waals surface area (Å²) in [5.74, 6) is -2.15. The highest BCUT2D eigenvalue weighted by molar-refractivity contribution is 7.90. The van der Waals surface area contributed by atoms with Crippen molar-refractivity contribution in [2.24, 2.45) is 0 Å². The molecule has 0 fully saturated rings. The minimum Gasteiger partial charge on any atom is -0.390 e. The van der Waals surface area contributed by atoms with Crippen LogP contribution in [0, 0.1) is 11.6 Å². The number of nitrogens with one attached hydrogen (secondary N) is 2. The minimum absolute atomic E-state index is 0.0405. The van der Waals surface area contributed by atoms with Gasteiger partial charge >= 0.3 is 0 Å². The molecule has 1 aliphatic rings. The Morgan fingerprint density at radius 1 is 1.02 bits per heavy atom. The van der Waals surface area contributed by atoms with E-state index in [9.17, 15) is 27.1 Å². The molecule has 1 amide bonds. The van der Waals surface area contributed by atoms with Crippen LogP contribution in [0.2, 0.25) is 0 Å². The molecule has 3 aromatic rings. The molecule has 0 aromatic heterocycles. The maximum Gasteiger partial charge on any atom is 0.251 e. The average Bonchev–Trinajstić information content (AvgIpc) is 2.93. The van der Waals surface area contributed by atoms with E-state index in [1.807, 2.05) is 37.3 Å². The zero-order valence-electron chi connectivity index (χ0n) is 23.2. The van der Waals surface area contributed by atoms with Crippen LogP contribution < -0.4 is 10.6 Å². The van der Waals surface area contributed by atoms with E-state index in [0.29, 0.717) is 18.6 Å². The van der Waals surface area contributed by atoms with E-state index in [1.54, 1.807) is 19.2 Å². The number of benzene rings is 3. The number of rotatable bonds is 12. The molecule has 220 valence electrons. The summed E-state index contributed by atoms with van der Waals surface area (Å²) in [6.45, 7) is 2.50. The third-order valence-corrected chi connectivity index (χ3v) is 8.93. The van der Waals surface area contributed by atoms with E-state index in [-0.39, 0.29) is 30.0 Å². The maximum atomic E-state index is 13.9. The number of aliphatic hydroxyl groups is 1. The predicted octanol–water partition coefficient (Wildman–Crippen LogP) is 3.68. The molecule has 0 saturated carbocycles. The average molecular weight is 587 g/mol. The first kappa shape index (κ1) is 30.8. The monoisotopic (exact) mass is 586 g/mol. The second-order valence-electron chi connectivity index (χ2n) is 10.5. The molecule has 0 radical (unpaired) electrons. The van der Waals surface area contributed by atoms with Gasteiger partial charge in [-0.3, -0.25) is 4.79 Å². The second kappa shape index (κ2) is 13.7. The fraction of sp³-hybridized carbons (Fsp3) is 0.387. The number of ether oxygens (including phenoxy) is 1. The van der Waals surface area contributed by atoms with Crippen molar-refractivity contribution in [3.8, 4) is 0 Å². The molecule has 3 aromatic carbocycles. The lowest BCUT2D eigenvalue weighted by molar-refractivity contribution is 0.0825. The van der Waals surface area contributed by atoms with Gasteiger partial charge < -0.3 is 20.5 Å². The fourth-order valence-corrected chi connectivity index (χ4v) is 6.75. The summed E-state index contributed by atoms with van der Waals surface area (Å²) in [6.07, 6.45) is 0.236. The number of hydrogen-bond donors (Lipinski definition) is 3. The molecule has 3 N–H and O–H groups in total. The van der Waals surface area contributed by atoms with Gasteiger partial charge in [-0.1, -0.05) is 37.3 Å². The van der Waals surface area contributed by atoms with Crippen LogP contribution in [-0.4, -0.2) is 57.6 Å². The fourth-order valence-electron chi connectivity index (χ4n) is 5.09.